The van der Waals surface area contributed by atoms with E-state index < -0.39 is 0 Å². The Kier molecular flexibility index (Phi) is 5.20. The first-order valence-corrected chi connectivity index (χ1v) is 9.01. The molecule has 3 aromatic rings. The average molecular weight is 396 g/mol. The first-order valence-electron chi connectivity index (χ1n) is 8.60. The summed E-state index contributed by atoms with van der Waals surface area (Å²) in [6.07, 6.45) is 0. The van der Waals surface area contributed by atoms with Crippen LogP contribution in [0.3, 0.4) is 0 Å². The minimum absolute atomic E-state index is 0.00951. The number of nitrogens with one attached hydrogen (secondary N) is 1. The lowest BCUT2D eigenvalue weighted by Gasteiger charge is -2.21. The third-order valence-electron chi connectivity index (χ3n) is 3.77. The van der Waals surface area contributed by atoms with E-state index in [-0.39, 0.29) is 27.7 Å². The van der Waals surface area contributed by atoms with Gasteiger partial charge in [-0.05, 0) is 63.2 Å². The van der Waals surface area contributed by atoms with E-state index in [1.54, 1.807) is 42.5 Å². The van der Waals surface area contributed by atoms with Crippen molar-refractivity contribution in [2.75, 3.05) is 5.32 Å². The van der Waals surface area contributed by atoms with Crippen LogP contribution in [0.15, 0.2) is 57.7 Å². The van der Waals surface area contributed by atoms with E-state index in [0.29, 0.717) is 28.0 Å². The number of anilines is 1. The number of carbonyl (C=O) groups is 1. The summed E-state index contributed by atoms with van der Waals surface area (Å²) in [6, 6.07) is 12.9. The van der Waals surface area contributed by atoms with Crippen molar-refractivity contribution in [1.29, 1.82) is 0 Å². The molecule has 0 saturated heterocycles. The third-order valence-corrected chi connectivity index (χ3v) is 3.97. The van der Waals surface area contributed by atoms with Gasteiger partial charge in [0.2, 0.25) is 0 Å². The lowest BCUT2D eigenvalue weighted by Crippen LogP contribution is -2.23. The van der Waals surface area contributed by atoms with Gasteiger partial charge in [0.15, 0.2) is 11.2 Å². The molecule has 0 bridgehead atoms. The monoisotopic (exact) mass is 396 g/mol. The first kappa shape index (κ1) is 19.6. The molecule has 0 aliphatic heterocycles. The molecule has 1 aromatic heterocycles. The lowest BCUT2D eigenvalue weighted by molar-refractivity contribution is 0.102. The van der Waals surface area contributed by atoms with Gasteiger partial charge in [-0.25, -0.2) is 0 Å². The summed E-state index contributed by atoms with van der Waals surface area (Å²) >= 11 is 4.84. The average Bonchev–Trinajstić information content (AvgIpc) is 2.61. The Labute approximate surface area is 167 Å². The van der Waals surface area contributed by atoms with Crippen molar-refractivity contribution < 1.29 is 13.9 Å². The summed E-state index contributed by atoms with van der Waals surface area (Å²) in [4.78, 5) is 24.8. The van der Waals surface area contributed by atoms with Gasteiger partial charge < -0.3 is 20.2 Å². The zero-order chi connectivity index (χ0) is 20.5. The largest absolute Gasteiger partial charge is 0.488 e. The van der Waals surface area contributed by atoms with E-state index in [1.165, 1.54) is 6.07 Å². The number of hydrogen-bond acceptors (Lipinski definition) is 5. The summed E-state index contributed by atoms with van der Waals surface area (Å²) in [6.45, 7) is 5.86. The number of benzene rings is 2. The fraction of sp³-hybridized carbons (Fsp3) is 0.190. The topological polar surface area (TPSA) is 94.6 Å². The molecule has 2 aromatic carbocycles. The van der Waals surface area contributed by atoms with Crippen LogP contribution in [0.2, 0.25) is 0 Å². The van der Waals surface area contributed by atoms with E-state index in [9.17, 15) is 9.59 Å². The molecule has 1 amide bonds. The molecule has 0 aliphatic rings. The molecular formula is C21H20N2O4S. The molecule has 28 heavy (non-hydrogen) atoms. The van der Waals surface area contributed by atoms with Gasteiger partial charge in [0.1, 0.15) is 21.9 Å². The second-order valence-corrected chi connectivity index (χ2v) is 7.68. The molecule has 0 atom stereocenters. The van der Waals surface area contributed by atoms with E-state index >= 15 is 0 Å². The molecule has 3 N–H and O–H groups in total. The minimum atomic E-state index is -0.316. The van der Waals surface area contributed by atoms with Crippen molar-refractivity contribution in [2.24, 2.45) is 5.73 Å². The van der Waals surface area contributed by atoms with Gasteiger partial charge in [-0.3, -0.25) is 9.59 Å². The normalized spacial score (nSPS) is 11.2. The molecule has 144 valence electrons. The first-order chi connectivity index (χ1) is 13.1. The van der Waals surface area contributed by atoms with Gasteiger partial charge in [0.05, 0.1) is 5.39 Å². The lowest BCUT2D eigenvalue weighted by atomic mass is 10.1. The molecule has 6 nitrogen and oxygen atoms in total. The standard InChI is InChI=1S/C21H20N2O4S/c1-21(2,3)27-14-7-4-12(5-8-14)20(25)23-13-6-9-17-15(10-13)16(24)11-18(26-17)19(22)28/h4-11H,1-3H3,(H2,22,28)(H,23,25). The SMILES string of the molecule is CC(C)(C)Oc1ccc(C(=O)Nc2ccc3oc(C(N)=S)cc(=O)c3c2)cc1. The zero-order valence-electron chi connectivity index (χ0n) is 15.7. The van der Waals surface area contributed by atoms with Crippen LogP contribution >= 0.6 is 12.2 Å². The number of carbonyl (C=O) groups excluding carboxylic acids is 1. The highest BCUT2D eigenvalue weighted by Gasteiger charge is 2.13. The van der Waals surface area contributed by atoms with Crippen LogP contribution in [0.25, 0.3) is 11.0 Å². The van der Waals surface area contributed by atoms with Crippen LogP contribution < -0.4 is 21.2 Å². The Morgan fingerprint density at radius 3 is 2.39 bits per heavy atom. The van der Waals surface area contributed by atoms with E-state index in [0.717, 1.165) is 0 Å². The predicted molar refractivity (Wildman–Crippen MR) is 113 cm³/mol. The number of nitrogens with two attached hydrogens (primary N) is 1. The smallest absolute Gasteiger partial charge is 0.255 e. The summed E-state index contributed by atoms with van der Waals surface area (Å²) < 4.78 is 11.3. The molecular weight excluding hydrogens is 376 g/mol. The van der Waals surface area contributed by atoms with Gasteiger partial charge in [0, 0.05) is 17.3 Å². The van der Waals surface area contributed by atoms with Gasteiger partial charge in [-0.1, -0.05) is 12.2 Å². The van der Waals surface area contributed by atoms with E-state index in [2.05, 4.69) is 5.32 Å². The number of ether oxygens (including phenoxy) is 1. The van der Waals surface area contributed by atoms with Crippen molar-refractivity contribution in [3.63, 3.8) is 0 Å². The fourth-order valence-electron chi connectivity index (χ4n) is 2.59. The Morgan fingerprint density at radius 1 is 1.11 bits per heavy atom. The summed E-state index contributed by atoms with van der Waals surface area (Å²) in [5, 5.41) is 3.10. The molecule has 0 radical (unpaired) electrons. The molecule has 0 fully saturated rings. The summed E-state index contributed by atoms with van der Waals surface area (Å²) in [5.41, 5.74) is 6.20. The Bertz CT molecular complexity index is 1110. The van der Waals surface area contributed by atoms with Crippen LogP contribution in [-0.2, 0) is 0 Å². The number of fused-ring (bicyclic) bond motifs is 1. The van der Waals surface area contributed by atoms with E-state index in [1.807, 2.05) is 20.8 Å². The second-order valence-electron chi connectivity index (χ2n) is 7.24. The number of rotatable bonds is 4. The molecule has 0 aliphatic carbocycles. The van der Waals surface area contributed by atoms with Gasteiger partial charge in [0.25, 0.3) is 5.91 Å². The molecule has 1 heterocycles. The third kappa shape index (κ3) is 4.55. The van der Waals surface area contributed by atoms with Crippen molar-refractivity contribution >= 4 is 39.8 Å². The van der Waals surface area contributed by atoms with Crippen molar-refractivity contribution in [2.45, 2.75) is 26.4 Å². The number of amides is 1. The summed E-state index contributed by atoms with van der Waals surface area (Å²) in [7, 11) is 0. The maximum Gasteiger partial charge on any atom is 0.255 e. The second kappa shape index (κ2) is 7.44. The number of thiocarbonyl (C=S) groups is 1. The zero-order valence-corrected chi connectivity index (χ0v) is 16.6. The Hall–Kier alpha value is -3.19. The number of hydrogen-bond donors (Lipinski definition) is 2. The van der Waals surface area contributed by atoms with Crippen molar-refractivity contribution in [3.05, 3.63) is 70.1 Å². The Morgan fingerprint density at radius 2 is 1.79 bits per heavy atom. The minimum Gasteiger partial charge on any atom is -0.488 e. The van der Waals surface area contributed by atoms with Crippen LogP contribution in [0.1, 0.15) is 36.9 Å². The van der Waals surface area contributed by atoms with Crippen LogP contribution in [0, 0.1) is 0 Å². The van der Waals surface area contributed by atoms with Gasteiger partial charge >= 0.3 is 0 Å². The highest BCUT2D eigenvalue weighted by Crippen LogP contribution is 2.21. The molecule has 7 heteroatoms. The molecule has 0 spiro atoms. The highest BCUT2D eigenvalue weighted by atomic mass is 32.1. The van der Waals surface area contributed by atoms with E-state index in [4.69, 9.17) is 27.1 Å². The van der Waals surface area contributed by atoms with Crippen molar-refractivity contribution in [3.8, 4) is 5.75 Å². The highest BCUT2D eigenvalue weighted by molar-refractivity contribution is 7.80. The van der Waals surface area contributed by atoms with Crippen LogP contribution in [0.5, 0.6) is 5.75 Å². The summed E-state index contributed by atoms with van der Waals surface area (Å²) in [5.74, 6) is 0.536. The molecule has 0 saturated carbocycles. The fourth-order valence-corrected chi connectivity index (χ4v) is 2.69. The van der Waals surface area contributed by atoms with Crippen LogP contribution in [0.4, 0.5) is 5.69 Å². The van der Waals surface area contributed by atoms with Gasteiger partial charge in [-0.15, -0.1) is 0 Å². The molecule has 0 unspecified atom stereocenters. The quantitative estimate of drug-likeness (QED) is 0.651. The maximum absolute atomic E-state index is 12.5. The maximum atomic E-state index is 12.5. The predicted octanol–water partition coefficient (Wildman–Crippen LogP) is 3.86. The van der Waals surface area contributed by atoms with Gasteiger partial charge in [-0.2, -0.15) is 0 Å². The molecule has 3 rings (SSSR count). The Balaban J connectivity index is 1.81. The van der Waals surface area contributed by atoms with Crippen molar-refractivity contribution in [1.82, 2.24) is 0 Å². The van der Waals surface area contributed by atoms with Crippen LogP contribution in [-0.4, -0.2) is 16.5 Å².